The van der Waals surface area contributed by atoms with E-state index in [1.54, 1.807) is 0 Å². The molecule has 4 nitrogen and oxygen atoms in total. The van der Waals surface area contributed by atoms with Crippen molar-refractivity contribution in [1.82, 2.24) is 4.98 Å². The average molecular weight is 302 g/mol. The number of halogens is 4. The Hall–Kier alpha value is -1.18. The number of methoxy groups -OCH3 is 1. The van der Waals surface area contributed by atoms with Crippen LogP contribution in [-0.2, 0) is 5.33 Å². The van der Waals surface area contributed by atoms with Gasteiger partial charge in [0.2, 0.25) is 0 Å². The molecule has 1 N–H and O–H groups in total. The van der Waals surface area contributed by atoms with Crippen molar-refractivity contribution in [2.75, 3.05) is 7.11 Å². The highest BCUT2D eigenvalue weighted by molar-refractivity contribution is 9.08. The molecule has 0 amide bonds. The fourth-order valence-electron chi connectivity index (χ4n) is 1.05. The van der Waals surface area contributed by atoms with Crippen LogP contribution in [0.25, 0.3) is 0 Å². The topological polar surface area (TPSA) is 51.3 Å². The molecule has 0 aromatic carbocycles. The maximum atomic E-state index is 11.9. The lowest BCUT2D eigenvalue weighted by Crippen LogP contribution is -2.23. The first-order valence-corrected chi connectivity index (χ1v) is 5.11. The fourth-order valence-corrected chi connectivity index (χ4v) is 1.46. The van der Waals surface area contributed by atoms with Gasteiger partial charge in [0.1, 0.15) is 0 Å². The van der Waals surface area contributed by atoms with Crippen molar-refractivity contribution in [3.63, 3.8) is 0 Å². The predicted molar refractivity (Wildman–Crippen MR) is 52.9 cm³/mol. The molecule has 0 aliphatic rings. The Kier molecular flexibility index (Phi) is 3.84. The number of rotatable bonds is 3. The highest BCUT2D eigenvalue weighted by Crippen LogP contribution is 2.22. The second-order valence-electron chi connectivity index (χ2n) is 2.68. The molecule has 0 unspecified atom stereocenters. The van der Waals surface area contributed by atoms with Crippen LogP contribution in [0.1, 0.15) is 5.69 Å². The summed E-state index contributed by atoms with van der Waals surface area (Å²) in [7, 11) is 1.19. The Balaban J connectivity index is 3.20. The summed E-state index contributed by atoms with van der Waals surface area (Å²) < 4.78 is 44.0. The third-order valence-electron chi connectivity index (χ3n) is 1.65. The van der Waals surface area contributed by atoms with Gasteiger partial charge in [0.15, 0.2) is 11.5 Å². The minimum absolute atomic E-state index is 0.210. The van der Waals surface area contributed by atoms with Crippen molar-refractivity contribution >= 4 is 15.9 Å². The summed E-state index contributed by atoms with van der Waals surface area (Å²) in [5, 5.41) is 0.248. The van der Waals surface area contributed by atoms with E-state index in [1.165, 1.54) is 7.11 Å². The van der Waals surface area contributed by atoms with Crippen molar-refractivity contribution in [3.05, 3.63) is 22.1 Å². The Morgan fingerprint density at radius 3 is 2.56 bits per heavy atom. The van der Waals surface area contributed by atoms with Crippen LogP contribution in [0.5, 0.6) is 11.5 Å². The summed E-state index contributed by atoms with van der Waals surface area (Å²) >= 11 is 3.06. The number of nitrogens with one attached hydrogen (secondary N) is 1. The second-order valence-corrected chi connectivity index (χ2v) is 3.24. The molecule has 1 aromatic rings. The molecule has 0 bridgehead atoms. The van der Waals surface area contributed by atoms with Gasteiger partial charge in [-0.25, -0.2) is 0 Å². The van der Waals surface area contributed by atoms with Crippen LogP contribution < -0.4 is 14.9 Å². The summed E-state index contributed by atoms with van der Waals surface area (Å²) in [5.41, 5.74) is -0.616. The molecule has 8 heteroatoms. The standard InChI is InChI=1S/C8H7BrF3NO3/c1-15-7-4(2-9)13-3-5(6(7)14)16-8(10,11)12/h3H,2H2,1H3,(H,13,14). The third-order valence-corrected chi connectivity index (χ3v) is 2.21. The predicted octanol–water partition coefficient (Wildman–Crippen LogP) is 2.18. The summed E-state index contributed by atoms with van der Waals surface area (Å²) in [6, 6.07) is 0. The number of aromatic amines is 1. The molecule has 90 valence electrons. The van der Waals surface area contributed by atoms with E-state index in [0.29, 0.717) is 5.69 Å². The van der Waals surface area contributed by atoms with Crippen LogP contribution in [0.15, 0.2) is 11.0 Å². The van der Waals surface area contributed by atoms with Gasteiger partial charge in [-0.2, -0.15) is 0 Å². The molecule has 1 rings (SSSR count). The van der Waals surface area contributed by atoms with Gasteiger partial charge in [-0.1, -0.05) is 15.9 Å². The van der Waals surface area contributed by atoms with E-state index in [-0.39, 0.29) is 11.1 Å². The SMILES string of the molecule is COc1c(CBr)[nH]cc(OC(F)(F)F)c1=O. The maximum absolute atomic E-state index is 11.9. The Morgan fingerprint density at radius 2 is 2.12 bits per heavy atom. The highest BCUT2D eigenvalue weighted by atomic mass is 79.9. The van der Waals surface area contributed by atoms with Crippen molar-refractivity contribution in [2.24, 2.45) is 0 Å². The molecular weight excluding hydrogens is 295 g/mol. The number of aromatic nitrogens is 1. The van der Waals surface area contributed by atoms with Gasteiger partial charge in [0.25, 0.3) is 5.43 Å². The number of ether oxygens (including phenoxy) is 2. The van der Waals surface area contributed by atoms with Gasteiger partial charge >= 0.3 is 6.36 Å². The van der Waals surface area contributed by atoms with Crippen LogP contribution in [0.2, 0.25) is 0 Å². The molecule has 0 radical (unpaired) electrons. The zero-order chi connectivity index (χ0) is 12.3. The quantitative estimate of drug-likeness (QED) is 0.871. The number of H-pyrrole nitrogens is 1. The van der Waals surface area contributed by atoms with E-state index >= 15 is 0 Å². The smallest absolute Gasteiger partial charge is 0.491 e. The molecule has 1 heterocycles. The number of pyridine rings is 1. The fraction of sp³-hybridized carbons (Fsp3) is 0.375. The normalized spacial score (nSPS) is 11.3. The van der Waals surface area contributed by atoms with Crippen LogP contribution in [0.3, 0.4) is 0 Å². The summed E-state index contributed by atoms with van der Waals surface area (Å²) in [6.45, 7) is 0. The zero-order valence-corrected chi connectivity index (χ0v) is 9.61. The number of alkyl halides is 4. The van der Waals surface area contributed by atoms with Crippen LogP contribution >= 0.6 is 15.9 Å². The summed E-state index contributed by atoms with van der Waals surface area (Å²) in [6.07, 6.45) is -4.07. The van der Waals surface area contributed by atoms with Gasteiger partial charge in [-0.15, -0.1) is 13.2 Å². The molecule has 0 fully saturated rings. The van der Waals surface area contributed by atoms with E-state index in [0.717, 1.165) is 6.20 Å². The van der Waals surface area contributed by atoms with Crippen LogP contribution in [-0.4, -0.2) is 18.5 Å². The number of hydrogen-bond acceptors (Lipinski definition) is 3. The maximum Gasteiger partial charge on any atom is 0.573 e. The van der Waals surface area contributed by atoms with E-state index in [9.17, 15) is 18.0 Å². The van der Waals surface area contributed by atoms with E-state index in [1.807, 2.05) is 0 Å². The van der Waals surface area contributed by atoms with Crippen molar-refractivity contribution in [2.45, 2.75) is 11.7 Å². The van der Waals surface area contributed by atoms with Crippen LogP contribution in [0.4, 0.5) is 13.2 Å². The monoisotopic (exact) mass is 301 g/mol. The van der Waals surface area contributed by atoms with Crippen LogP contribution in [0, 0.1) is 0 Å². The lowest BCUT2D eigenvalue weighted by atomic mass is 10.3. The average Bonchev–Trinajstić information content (AvgIpc) is 2.19. The van der Waals surface area contributed by atoms with Crippen molar-refractivity contribution in [3.8, 4) is 11.5 Å². The molecule has 0 aliphatic carbocycles. The van der Waals surface area contributed by atoms with Gasteiger partial charge in [-0.05, 0) is 0 Å². The minimum Gasteiger partial charge on any atom is -0.491 e. The third kappa shape index (κ3) is 2.91. The first-order chi connectivity index (χ1) is 7.39. The van der Waals surface area contributed by atoms with Crippen molar-refractivity contribution < 1.29 is 22.6 Å². The summed E-state index contributed by atoms with van der Waals surface area (Å²) in [5.74, 6) is -1.06. The molecule has 1 aromatic heterocycles. The zero-order valence-electron chi connectivity index (χ0n) is 8.02. The second kappa shape index (κ2) is 4.77. The molecule has 0 saturated carbocycles. The number of hydrogen-bond donors (Lipinski definition) is 1. The lowest BCUT2D eigenvalue weighted by Gasteiger charge is -2.10. The summed E-state index contributed by atoms with van der Waals surface area (Å²) in [4.78, 5) is 13.9. The molecule has 0 saturated heterocycles. The van der Waals surface area contributed by atoms with Gasteiger partial charge < -0.3 is 14.5 Å². The minimum atomic E-state index is -4.91. The molecule has 0 aliphatic heterocycles. The van der Waals surface area contributed by atoms with E-state index in [4.69, 9.17) is 4.74 Å². The van der Waals surface area contributed by atoms with E-state index < -0.39 is 17.5 Å². The van der Waals surface area contributed by atoms with Gasteiger partial charge in [-0.3, -0.25) is 4.79 Å². The van der Waals surface area contributed by atoms with Crippen molar-refractivity contribution in [1.29, 1.82) is 0 Å². The Morgan fingerprint density at radius 1 is 1.50 bits per heavy atom. The molecule has 0 spiro atoms. The Bertz CT molecular complexity index is 430. The van der Waals surface area contributed by atoms with Gasteiger partial charge in [0.05, 0.1) is 12.8 Å². The van der Waals surface area contributed by atoms with E-state index in [2.05, 4.69) is 25.7 Å². The largest absolute Gasteiger partial charge is 0.573 e. The lowest BCUT2D eigenvalue weighted by molar-refractivity contribution is -0.275. The molecular formula is C8H7BrF3NO3. The highest BCUT2D eigenvalue weighted by Gasteiger charge is 2.33. The first kappa shape index (κ1) is 12.9. The first-order valence-electron chi connectivity index (χ1n) is 3.99. The molecule has 16 heavy (non-hydrogen) atoms. The van der Waals surface area contributed by atoms with Gasteiger partial charge in [0, 0.05) is 11.5 Å². The molecule has 0 atom stereocenters. The Labute approximate surface area is 96.5 Å².